The molecule has 2 nitrogen and oxygen atoms in total. The summed E-state index contributed by atoms with van der Waals surface area (Å²) in [6, 6.07) is 29.3. The van der Waals surface area contributed by atoms with Gasteiger partial charge in [-0.1, -0.05) is 136 Å². The molecule has 43 heavy (non-hydrogen) atoms. The molecule has 0 aliphatic heterocycles. The van der Waals surface area contributed by atoms with Gasteiger partial charge in [-0.25, -0.2) is 0 Å². The number of benzene rings is 4. The van der Waals surface area contributed by atoms with Gasteiger partial charge in [0.05, 0.1) is 0 Å². The lowest BCUT2D eigenvalue weighted by atomic mass is 9.81. The normalized spacial score (nSPS) is 16.7. The van der Waals surface area contributed by atoms with Gasteiger partial charge in [-0.3, -0.25) is 0 Å². The van der Waals surface area contributed by atoms with Crippen molar-refractivity contribution in [3.05, 3.63) is 129 Å². The standard InChI is InChI=1S/C41H44O2/c42-40-34(23-21-30-13-5-1-6-14-30)25-36(32-17-9-3-10-18-32)27-38(40)29-39-28-37(33-19-11-4-12-20-33)26-35(41(39)43)24-22-31-15-7-2-8-16-31/h1-2,5-8,13-16,21-28,32-33,42-43H,3-4,9-12,17-20,29H2/b23-21+,24-22?. The average Bonchev–Trinajstić information content (AvgIpc) is 3.07. The molecular formula is C41H44O2. The number of hydrogen-bond donors (Lipinski definition) is 2. The zero-order chi connectivity index (χ0) is 29.4. The highest BCUT2D eigenvalue weighted by Crippen LogP contribution is 2.41. The smallest absolute Gasteiger partial charge is 0.126 e. The number of aromatic hydroxyl groups is 2. The highest BCUT2D eigenvalue weighted by Gasteiger charge is 2.22. The van der Waals surface area contributed by atoms with Gasteiger partial charge in [-0.05, 0) is 83.0 Å². The Balaban J connectivity index is 1.40. The van der Waals surface area contributed by atoms with Gasteiger partial charge in [0, 0.05) is 17.5 Å². The van der Waals surface area contributed by atoms with E-state index in [0.717, 1.165) is 33.4 Å². The van der Waals surface area contributed by atoms with Gasteiger partial charge in [0.1, 0.15) is 11.5 Å². The van der Waals surface area contributed by atoms with Crippen LogP contribution in [-0.4, -0.2) is 10.2 Å². The molecule has 0 radical (unpaired) electrons. The van der Waals surface area contributed by atoms with E-state index >= 15 is 0 Å². The summed E-state index contributed by atoms with van der Waals surface area (Å²) in [6.07, 6.45) is 21.2. The van der Waals surface area contributed by atoms with Crippen molar-refractivity contribution in [3.8, 4) is 11.5 Å². The van der Waals surface area contributed by atoms with Crippen molar-refractivity contribution in [2.75, 3.05) is 0 Å². The van der Waals surface area contributed by atoms with Crippen molar-refractivity contribution < 1.29 is 10.2 Å². The summed E-state index contributed by atoms with van der Waals surface area (Å²) in [4.78, 5) is 0. The van der Waals surface area contributed by atoms with E-state index in [2.05, 4.69) is 60.7 Å². The molecule has 4 aromatic rings. The van der Waals surface area contributed by atoms with Crippen LogP contribution in [0.15, 0.2) is 84.9 Å². The highest BCUT2D eigenvalue weighted by atomic mass is 16.3. The summed E-state index contributed by atoms with van der Waals surface area (Å²) in [5.74, 6) is 1.66. The molecular weight excluding hydrogens is 524 g/mol. The maximum absolute atomic E-state index is 11.6. The first-order valence-corrected chi connectivity index (χ1v) is 16.3. The molecule has 4 aromatic carbocycles. The fourth-order valence-corrected chi connectivity index (χ4v) is 7.06. The van der Waals surface area contributed by atoms with Gasteiger partial charge >= 0.3 is 0 Å². The maximum Gasteiger partial charge on any atom is 0.126 e. The Labute approximate surface area is 257 Å². The van der Waals surface area contributed by atoms with E-state index in [0.29, 0.717) is 29.8 Å². The molecule has 0 amide bonds. The van der Waals surface area contributed by atoms with Crippen LogP contribution in [0.5, 0.6) is 11.5 Å². The van der Waals surface area contributed by atoms with E-state index < -0.39 is 0 Å². The zero-order valence-corrected chi connectivity index (χ0v) is 25.2. The summed E-state index contributed by atoms with van der Waals surface area (Å²) >= 11 is 0. The topological polar surface area (TPSA) is 40.5 Å². The summed E-state index contributed by atoms with van der Waals surface area (Å²) in [6.45, 7) is 0. The Bertz CT molecular complexity index is 1430. The minimum Gasteiger partial charge on any atom is -0.507 e. The summed E-state index contributed by atoms with van der Waals surface area (Å²) in [5, 5.41) is 23.3. The van der Waals surface area contributed by atoms with Crippen molar-refractivity contribution in [1.29, 1.82) is 0 Å². The van der Waals surface area contributed by atoms with E-state index in [1.165, 1.54) is 75.3 Å². The van der Waals surface area contributed by atoms with Crippen LogP contribution in [-0.2, 0) is 6.42 Å². The molecule has 6 rings (SSSR count). The van der Waals surface area contributed by atoms with Gasteiger partial charge in [-0.15, -0.1) is 0 Å². The first-order chi connectivity index (χ1) is 21.1. The Kier molecular flexibility index (Phi) is 9.43. The zero-order valence-electron chi connectivity index (χ0n) is 25.2. The van der Waals surface area contributed by atoms with Gasteiger partial charge in [-0.2, -0.15) is 0 Å². The van der Waals surface area contributed by atoms with E-state index in [1.807, 2.05) is 48.6 Å². The molecule has 2 N–H and O–H groups in total. The molecule has 0 aromatic heterocycles. The lowest BCUT2D eigenvalue weighted by Gasteiger charge is -2.25. The lowest BCUT2D eigenvalue weighted by molar-refractivity contribution is 0.438. The van der Waals surface area contributed by atoms with Crippen LogP contribution < -0.4 is 0 Å². The fourth-order valence-electron chi connectivity index (χ4n) is 7.06. The lowest BCUT2D eigenvalue weighted by Crippen LogP contribution is -2.07. The van der Waals surface area contributed by atoms with Gasteiger partial charge in [0.25, 0.3) is 0 Å². The third kappa shape index (κ3) is 7.31. The number of hydrogen-bond acceptors (Lipinski definition) is 2. The third-order valence-corrected chi connectivity index (χ3v) is 9.53. The van der Waals surface area contributed by atoms with Crippen molar-refractivity contribution in [1.82, 2.24) is 0 Å². The Morgan fingerprint density at radius 1 is 0.488 bits per heavy atom. The summed E-state index contributed by atoms with van der Waals surface area (Å²) in [5.41, 5.74) is 8.34. The van der Waals surface area contributed by atoms with Crippen molar-refractivity contribution in [2.45, 2.75) is 82.5 Å². The SMILES string of the molecule is Oc1c(C=Cc2ccccc2)cc(C2CCCCC2)cc1Cc1cc(C2CCCCC2)cc(/C=C/c2ccccc2)c1O. The van der Waals surface area contributed by atoms with Crippen molar-refractivity contribution in [3.63, 3.8) is 0 Å². The minimum absolute atomic E-state index is 0.315. The average molecular weight is 569 g/mol. The Morgan fingerprint density at radius 3 is 1.28 bits per heavy atom. The molecule has 220 valence electrons. The summed E-state index contributed by atoms with van der Waals surface area (Å²) < 4.78 is 0. The van der Waals surface area contributed by atoms with Crippen LogP contribution in [0.4, 0.5) is 0 Å². The first kappa shape index (κ1) is 29.1. The number of phenolic OH excluding ortho intramolecular Hbond substituents is 2. The van der Waals surface area contributed by atoms with E-state index in [9.17, 15) is 10.2 Å². The van der Waals surface area contributed by atoms with Crippen molar-refractivity contribution >= 4 is 24.3 Å². The Morgan fingerprint density at radius 2 is 0.884 bits per heavy atom. The molecule has 0 bridgehead atoms. The van der Waals surface area contributed by atoms with E-state index in [-0.39, 0.29) is 0 Å². The predicted octanol–water partition coefficient (Wildman–Crippen LogP) is 11.1. The molecule has 2 fully saturated rings. The predicted molar refractivity (Wildman–Crippen MR) is 181 cm³/mol. The second kappa shape index (κ2) is 14.0. The maximum atomic E-state index is 11.6. The van der Waals surface area contributed by atoms with Gasteiger partial charge in [0.15, 0.2) is 0 Å². The second-order valence-electron chi connectivity index (χ2n) is 12.6. The molecule has 0 unspecified atom stereocenters. The van der Waals surface area contributed by atoms with Crippen LogP contribution in [0.2, 0.25) is 0 Å². The van der Waals surface area contributed by atoms with Crippen LogP contribution in [0.1, 0.15) is 121 Å². The van der Waals surface area contributed by atoms with Crippen LogP contribution in [0.3, 0.4) is 0 Å². The van der Waals surface area contributed by atoms with E-state index in [4.69, 9.17) is 0 Å². The van der Waals surface area contributed by atoms with Crippen LogP contribution in [0.25, 0.3) is 24.3 Å². The van der Waals surface area contributed by atoms with Crippen molar-refractivity contribution in [2.24, 2.45) is 0 Å². The van der Waals surface area contributed by atoms with Crippen LogP contribution >= 0.6 is 0 Å². The monoisotopic (exact) mass is 568 g/mol. The van der Waals surface area contributed by atoms with Gasteiger partial charge < -0.3 is 10.2 Å². The first-order valence-electron chi connectivity index (χ1n) is 16.3. The molecule has 0 atom stereocenters. The molecule has 0 spiro atoms. The molecule has 2 aliphatic rings. The number of phenols is 2. The molecule has 0 heterocycles. The quantitative estimate of drug-likeness (QED) is 0.208. The van der Waals surface area contributed by atoms with Crippen LogP contribution in [0, 0.1) is 0 Å². The molecule has 2 aliphatic carbocycles. The molecule has 2 saturated carbocycles. The Hall–Kier alpha value is -4.04. The minimum atomic E-state index is 0.315. The largest absolute Gasteiger partial charge is 0.507 e. The third-order valence-electron chi connectivity index (χ3n) is 9.53. The molecule has 2 heteroatoms. The van der Waals surface area contributed by atoms with E-state index in [1.54, 1.807) is 0 Å². The number of rotatable bonds is 8. The van der Waals surface area contributed by atoms with Gasteiger partial charge in [0.2, 0.25) is 0 Å². The fraction of sp³-hybridized carbons (Fsp3) is 0.317. The highest BCUT2D eigenvalue weighted by molar-refractivity contribution is 5.76. The second-order valence-corrected chi connectivity index (χ2v) is 12.6. The summed E-state index contributed by atoms with van der Waals surface area (Å²) in [7, 11) is 0. The molecule has 0 saturated heterocycles.